The zero-order valence-electron chi connectivity index (χ0n) is 12.1. The van der Waals surface area contributed by atoms with Gasteiger partial charge in [-0.3, -0.25) is 4.79 Å². The van der Waals surface area contributed by atoms with Gasteiger partial charge >= 0.3 is 0 Å². The van der Waals surface area contributed by atoms with E-state index in [0.717, 1.165) is 35.7 Å². The molecule has 0 spiro atoms. The summed E-state index contributed by atoms with van der Waals surface area (Å²) < 4.78 is 5.36. The SMILES string of the molecule is CCNC1CC(=O)N(c2cc(C)c(OC)c(C)c2)C1. The molecule has 104 valence electrons. The standard InChI is InChI=1S/C15H22N2O2/c1-5-16-12-8-14(18)17(9-12)13-6-10(2)15(19-4)11(3)7-13/h6-7,12,16H,5,8-9H2,1-4H3. The molecule has 1 aromatic carbocycles. The van der Waals surface area contributed by atoms with Crippen molar-refractivity contribution in [3.05, 3.63) is 23.3 Å². The second-order valence-corrected chi connectivity index (χ2v) is 5.08. The van der Waals surface area contributed by atoms with E-state index >= 15 is 0 Å². The maximum absolute atomic E-state index is 12.1. The molecule has 1 aliphatic heterocycles. The molecule has 0 radical (unpaired) electrons. The smallest absolute Gasteiger partial charge is 0.228 e. The highest BCUT2D eigenvalue weighted by Gasteiger charge is 2.30. The van der Waals surface area contributed by atoms with E-state index in [-0.39, 0.29) is 11.9 Å². The van der Waals surface area contributed by atoms with Crippen LogP contribution in [0.15, 0.2) is 12.1 Å². The van der Waals surface area contributed by atoms with Crippen molar-refractivity contribution < 1.29 is 9.53 Å². The first kappa shape index (κ1) is 13.9. The van der Waals surface area contributed by atoms with E-state index in [1.165, 1.54) is 0 Å². The van der Waals surface area contributed by atoms with Crippen molar-refractivity contribution in [2.75, 3.05) is 25.1 Å². The van der Waals surface area contributed by atoms with Crippen LogP contribution in [-0.4, -0.2) is 32.1 Å². The van der Waals surface area contributed by atoms with Crippen LogP contribution in [0.1, 0.15) is 24.5 Å². The molecular weight excluding hydrogens is 240 g/mol. The fraction of sp³-hybridized carbons (Fsp3) is 0.533. The van der Waals surface area contributed by atoms with Crippen molar-refractivity contribution in [3.63, 3.8) is 0 Å². The fourth-order valence-corrected chi connectivity index (χ4v) is 2.79. The first-order valence-corrected chi connectivity index (χ1v) is 6.75. The number of ether oxygens (including phenoxy) is 1. The topological polar surface area (TPSA) is 41.6 Å². The monoisotopic (exact) mass is 262 g/mol. The highest BCUT2D eigenvalue weighted by Crippen LogP contribution is 2.30. The number of amides is 1. The number of anilines is 1. The van der Waals surface area contributed by atoms with Gasteiger partial charge in [-0.1, -0.05) is 6.92 Å². The van der Waals surface area contributed by atoms with Crippen LogP contribution in [0.3, 0.4) is 0 Å². The fourth-order valence-electron chi connectivity index (χ4n) is 2.79. The highest BCUT2D eigenvalue weighted by atomic mass is 16.5. The summed E-state index contributed by atoms with van der Waals surface area (Å²) >= 11 is 0. The molecule has 1 fully saturated rings. The number of hydrogen-bond acceptors (Lipinski definition) is 3. The van der Waals surface area contributed by atoms with Crippen LogP contribution in [0.5, 0.6) is 5.75 Å². The minimum atomic E-state index is 0.190. The number of nitrogens with zero attached hydrogens (tertiary/aromatic N) is 1. The van der Waals surface area contributed by atoms with Crippen molar-refractivity contribution in [3.8, 4) is 5.75 Å². The molecule has 1 heterocycles. The summed E-state index contributed by atoms with van der Waals surface area (Å²) in [5, 5.41) is 3.34. The third kappa shape index (κ3) is 2.73. The Balaban J connectivity index is 2.25. The largest absolute Gasteiger partial charge is 0.496 e. The Morgan fingerprint density at radius 1 is 1.37 bits per heavy atom. The van der Waals surface area contributed by atoms with Crippen molar-refractivity contribution in [1.82, 2.24) is 5.32 Å². The Bertz CT molecular complexity index is 462. The van der Waals surface area contributed by atoms with Crippen LogP contribution in [0.2, 0.25) is 0 Å². The van der Waals surface area contributed by atoms with Gasteiger partial charge in [-0.15, -0.1) is 0 Å². The number of rotatable bonds is 4. The molecule has 1 N–H and O–H groups in total. The summed E-state index contributed by atoms with van der Waals surface area (Å²) in [6, 6.07) is 4.32. The summed E-state index contributed by atoms with van der Waals surface area (Å²) in [6.45, 7) is 7.73. The molecular formula is C15H22N2O2. The van der Waals surface area contributed by atoms with Crippen molar-refractivity contribution in [2.24, 2.45) is 0 Å². The Labute approximate surface area is 114 Å². The number of benzene rings is 1. The Kier molecular flexibility index (Phi) is 4.10. The van der Waals surface area contributed by atoms with E-state index in [1.54, 1.807) is 7.11 Å². The average molecular weight is 262 g/mol. The second kappa shape index (κ2) is 5.61. The molecule has 4 nitrogen and oxygen atoms in total. The van der Waals surface area contributed by atoms with Crippen molar-refractivity contribution in [2.45, 2.75) is 33.2 Å². The van der Waals surface area contributed by atoms with E-state index < -0.39 is 0 Å². The summed E-state index contributed by atoms with van der Waals surface area (Å²) in [6.07, 6.45) is 0.581. The van der Waals surface area contributed by atoms with Crippen LogP contribution < -0.4 is 15.0 Å². The van der Waals surface area contributed by atoms with E-state index in [4.69, 9.17) is 4.74 Å². The molecule has 19 heavy (non-hydrogen) atoms. The predicted octanol–water partition coefficient (Wildman–Crippen LogP) is 2.03. The van der Waals surface area contributed by atoms with Crippen LogP contribution in [0, 0.1) is 13.8 Å². The lowest BCUT2D eigenvalue weighted by molar-refractivity contribution is -0.117. The maximum atomic E-state index is 12.1. The number of methoxy groups -OCH3 is 1. The van der Waals surface area contributed by atoms with Crippen LogP contribution in [0.4, 0.5) is 5.69 Å². The van der Waals surface area contributed by atoms with Crippen LogP contribution >= 0.6 is 0 Å². The first-order valence-electron chi connectivity index (χ1n) is 6.75. The van der Waals surface area contributed by atoms with Gasteiger partial charge in [0.1, 0.15) is 5.75 Å². The van der Waals surface area contributed by atoms with E-state index in [2.05, 4.69) is 12.2 Å². The van der Waals surface area contributed by atoms with Gasteiger partial charge in [0.25, 0.3) is 0 Å². The molecule has 1 unspecified atom stereocenters. The molecule has 2 rings (SSSR count). The van der Waals surface area contributed by atoms with Crippen molar-refractivity contribution >= 4 is 11.6 Å². The summed E-state index contributed by atoms with van der Waals surface area (Å²) in [4.78, 5) is 14.0. The molecule has 0 saturated carbocycles. The molecule has 1 atom stereocenters. The number of carbonyl (C=O) groups excluding carboxylic acids is 1. The Hall–Kier alpha value is -1.55. The van der Waals surface area contributed by atoms with E-state index in [9.17, 15) is 4.79 Å². The van der Waals surface area contributed by atoms with Crippen molar-refractivity contribution in [1.29, 1.82) is 0 Å². The molecule has 0 aliphatic carbocycles. The lowest BCUT2D eigenvalue weighted by Gasteiger charge is -2.20. The van der Waals surface area contributed by atoms with E-state index in [1.807, 2.05) is 30.9 Å². The minimum Gasteiger partial charge on any atom is -0.496 e. The average Bonchev–Trinajstić information content (AvgIpc) is 2.70. The summed E-state index contributed by atoms with van der Waals surface area (Å²) in [5.74, 6) is 1.09. The molecule has 0 bridgehead atoms. The summed E-state index contributed by atoms with van der Waals surface area (Å²) in [7, 11) is 1.68. The summed E-state index contributed by atoms with van der Waals surface area (Å²) in [5.41, 5.74) is 3.11. The number of nitrogens with one attached hydrogen (secondary N) is 1. The molecule has 1 amide bonds. The first-order chi connectivity index (χ1) is 9.06. The Morgan fingerprint density at radius 2 is 2.00 bits per heavy atom. The van der Waals surface area contributed by atoms with Gasteiger partial charge in [0.2, 0.25) is 5.91 Å². The van der Waals surface area contributed by atoms with Crippen LogP contribution in [-0.2, 0) is 4.79 Å². The third-order valence-electron chi connectivity index (χ3n) is 3.58. The number of aryl methyl sites for hydroxylation is 2. The number of carbonyl (C=O) groups is 1. The van der Waals surface area contributed by atoms with Gasteiger partial charge in [-0.25, -0.2) is 0 Å². The zero-order valence-corrected chi connectivity index (χ0v) is 12.1. The normalized spacial score (nSPS) is 19.1. The van der Waals surface area contributed by atoms with E-state index in [0.29, 0.717) is 6.42 Å². The van der Waals surface area contributed by atoms with Gasteiger partial charge in [-0.2, -0.15) is 0 Å². The molecule has 1 aliphatic rings. The maximum Gasteiger partial charge on any atom is 0.228 e. The lowest BCUT2D eigenvalue weighted by atomic mass is 10.1. The molecule has 0 aromatic heterocycles. The van der Waals surface area contributed by atoms with Gasteiger partial charge < -0.3 is 15.0 Å². The van der Waals surface area contributed by atoms with Gasteiger partial charge in [0, 0.05) is 24.7 Å². The second-order valence-electron chi connectivity index (χ2n) is 5.08. The highest BCUT2D eigenvalue weighted by molar-refractivity contribution is 5.96. The van der Waals surface area contributed by atoms with Gasteiger partial charge in [0.15, 0.2) is 0 Å². The molecule has 4 heteroatoms. The number of hydrogen-bond donors (Lipinski definition) is 1. The quantitative estimate of drug-likeness (QED) is 0.902. The predicted molar refractivity (Wildman–Crippen MR) is 76.9 cm³/mol. The number of likely N-dealkylation sites (N-methyl/N-ethyl adjacent to an activating group) is 1. The molecule has 1 saturated heterocycles. The molecule has 1 aromatic rings. The van der Waals surface area contributed by atoms with Gasteiger partial charge in [-0.05, 0) is 43.7 Å². The third-order valence-corrected chi connectivity index (χ3v) is 3.58. The van der Waals surface area contributed by atoms with Crippen LogP contribution in [0.25, 0.3) is 0 Å². The Morgan fingerprint density at radius 3 is 2.53 bits per heavy atom. The lowest BCUT2D eigenvalue weighted by Crippen LogP contribution is -2.32. The van der Waals surface area contributed by atoms with Gasteiger partial charge in [0.05, 0.1) is 7.11 Å². The minimum absolute atomic E-state index is 0.190. The zero-order chi connectivity index (χ0) is 14.0.